The van der Waals surface area contributed by atoms with Gasteiger partial charge in [-0.15, -0.1) is 0 Å². The number of hydrogen-bond acceptors (Lipinski definition) is 3. The van der Waals surface area contributed by atoms with E-state index >= 15 is 0 Å². The first-order valence-electron chi connectivity index (χ1n) is 7.31. The fraction of sp³-hybridized carbons (Fsp3) is 0.588. The molecule has 0 unspecified atom stereocenters. The number of alkyl carbamates (subject to hydrolysis) is 1. The van der Waals surface area contributed by atoms with Crippen LogP contribution in [0.5, 0.6) is 0 Å². The second kappa shape index (κ2) is 5.02. The highest BCUT2D eigenvalue weighted by molar-refractivity contribution is 5.68. The van der Waals surface area contributed by atoms with Gasteiger partial charge in [0.1, 0.15) is 5.60 Å². The highest BCUT2D eigenvalue weighted by atomic mass is 16.6. The third-order valence-electron chi connectivity index (χ3n) is 4.89. The molecule has 1 saturated carbocycles. The molecule has 1 aliphatic rings. The van der Waals surface area contributed by atoms with Crippen molar-refractivity contribution < 1.29 is 14.6 Å². The Morgan fingerprint density at radius 3 is 2.29 bits per heavy atom. The van der Waals surface area contributed by atoms with Crippen molar-refractivity contribution >= 4 is 6.09 Å². The number of aryl methyl sites for hydroxylation is 1. The predicted octanol–water partition coefficient (Wildman–Crippen LogP) is 2.97. The van der Waals surface area contributed by atoms with E-state index < -0.39 is 17.1 Å². The summed E-state index contributed by atoms with van der Waals surface area (Å²) in [5.74, 6) is 0. The smallest absolute Gasteiger partial charge is 0.407 e. The molecular weight excluding hydrogens is 266 g/mol. The van der Waals surface area contributed by atoms with Gasteiger partial charge >= 0.3 is 6.09 Å². The first kappa shape index (κ1) is 15.8. The molecule has 1 amide bonds. The lowest BCUT2D eigenvalue weighted by Gasteiger charge is -2.35. The molecule has 21 heavy (non-hydrogen) atoms. The maximum Gasteiger partial charge on any atom is 0.407 e. The van der Waals surface area contributed by atoms with Gasteiger partial charge in [0.25, 0.3) is 0 Å². The van der Waals surface area contributed by atoms with E-state index in [9.17, 15) is 9.90 Å². The van der Waals surface area contributed by atoms with Gasteiger partial charge in [0.15, 0.2) is 0 Å². The van der Waals surface area contributed by atoms with Crippen molar-refractivity contribution in [2.24, 2.45) is 10.8 Å². The fourth-order valence-corrected chi connectivity index (χ4v) is 3.28. The van der Waals surface area contributed by atoms with Gasteiger partial charge in [-0.25, -0.2) is 4.79 Å². The number of carbonyl (C=O) groups is 1. The molecule has 0 radical (unpaired) electrons. The summed E-state index contributed by atoms with van der Waals surface area (Å²) < 4.78 is 5.75. The van der Waals surface area contributed by atoms with E-state index in [1.54, 1.807) is 7.05 Å². The van der Waals surface area contributed by atoms with Crippen molar-refractivity contribution in [3.8, 4) is 0 Å². The van der Waals surface area contributed by atoms with Crippen LogP contribution in [-0.2, 0) is 10.3 Å². The Morgan fingerprint density at radius 1 is 1.33 bits per heavy atom. The number of aliphatic hydroxyl groups excluding tert-OH is 1. The molecule has 0 spiro atoms. The molecule has 0 bridgehead atoms. The first-order valence-corrected chi connectivity index (χ1v) is 7.31. The summed E-state index contributed by atoms with van der Waals surface area (Å²) in [6, 6.07) is 7.99. The average Bonchev–Trinajstić information content (AvgIpc) is 3.09. The summed E-state index contributed by atoms with van der Waals surface area (Å²) in [6.07, 6.45) is 0.173. The topological polar surface area (TPSA) is 58.6 Å². The van der Waals surface area contributed by atoms with E-state index in [-0.39, 0.29) is 12.0 Å². The zero-order valence-corrected chi connectivity index (χ0v) is 13.5. The van der Waals surface area contributed by atoms with Crippen molar-refractivity contribution in [2.45, 2.75) is 39.7 Å². The largest absolute Gasteiger partial charge is 0.437 e. The maximum absolute atomic E-state index is 11.8. The SMILES string of the molecule is CNC(=O)O[C@@]1(c2ccc(C)cc2)C[C@@]1(CO)C(C)(C)C. The van der Waals surface area contributed by atoms with Crippen LogP contribution in [0, 0.1) is 17.8 Å². The third kappa shape index (κ3) is 2.31. The van der Waals surface area contributed by atoms with Crippen LogP contribution in [0.15, 0.2) is 24.3 Å². The van der Waals surface area contributed by atoms with Gasteiger partial charge in [-0.1, -0.05) is 50.6 Å². The van der Waals surface area contributed by atoms with Gasteiger partial charge in [-0.05, 0) is 17.9 Å². The number of rotatable bonds is 3. The van der Waals surface area contributed by atoms with E-state index in [1.165, 1.54) is 0 Å². The van der Waals surface area contributed by atoms with Gasteiger partial charge in [0.2, 0.25) is 0 Å². The Labute approximate surface area is 126 Å². The number of amides is 1. The van der Waals surface area contributed by atoms with Crippen LogP contribution in [0.1, 0.15) is 38.3 Å². The van der Waals surface area contributed by atoms with Crippen LogP contribution in [0.25, 0.3) is 0 Å². The Morgan fingerprint density at radius 2 is 1.90 bits per heavy atom. The molecule has 1 aromatic carbocycles. The number of hydrogen-bond donors (Lipinski definition) is 2. The Hall–Kier alpha value is -1.55. The molecule has 1 aliphatic carbocycles. The lowest BCUT2D eigenvalue weighted by atomic mass is 9.74. The molecule has 4 nitrogen and oxygen atoms in total. The van der Waals surface area contributed by atoms with E-state index in [0.29, 0.717) is 6.42 Å². The van der Waals surface area contributed by atoms with Crippen molar-refractivity contribution in [1.82, 2.24) is 5.32 Å². The minimum Gasteiger partial charge on any atom is -0.437 e. The maximum atomic E-state index is 11.8. The summed E-state index contributed by atoms with van der Waals surface area (Å²) in [6.45, 7) is 8.23. The molecule has 116 valence electrons. The molecule has 0 saturated heterocycles. The van der Waals surface area contributed by atoms with E-state index in [2.05, 4.69) is 26.1 Å². The van der Waals surface area contributed by atoms with Crippen LogP contribution in [0.2, 0.25) is 0 Å². The quantitative estimate of drug-likeness (QED) is 0.900. The molecule has 0 aromatic heterocycles. The normalized spacial score (nSPS) is 28.1. The van der Waals surface area contributed by atoms with E-state index in [0.717, 1.165) is 11.1 Å². The average molecular weight is 291 g/mol. The third-order valence-corrected chi connectivity index (χ3v) is 4.89. The summed E-state index contributed by atoms with van der Waals surface area (Å²) in [4.78, 5) is 11.8. The van der Waals surface area contributed by atoms with Gasteiger partial charge in [-0.2, -0.15) is 0 Å². The Balaban J connectivity index is 2.48. The Kier molecular flexibility index (Phi) is 3.79. The highest BCUT2D eigenvalue weighted by Crippen LogP contribution is 2.72. The van der Waals surface area contributed by atoms with E-state index in [4.69, 9.17) is 4.74 Å². The Bertz CT molecular complexity index is 532. The second-order valence-electron chi connectivity index (χ2n) is 7.00. The van der Waals surface area contributed by atoms with Crippen LogP contribution in [0.4, 0.5) is 4.79 Å². The van der Waals surface area contributed by atoms with Crippen LogP contribution in [-0.4, -0.2) is 24.9 Å². The molecule has 1 fully saturated rings. The molecular formula is C17H25NO3. The molecule has 2 rings (SSSR count). The summed E-state index contributed by atoms with van der Waals surface area (Å²) in [5.41, 5.74) is 0.705. The van der Waals surface area contributed by atoms with Crippen LogP contribution in [0.3, 0.4) is 0 Å². The van der Waals surface area contributed by atoms with Crippen molar-refractivity contribution in [3.63, 3.8) is 0 Å². The second-order valence-corrected chi connectivity index (χ2v) is 7.00. The van der Waals surface area contributed by atoms with E-state index in [1.807, 2.05) is 31.2 Å². The molecule has 1 aromatic rings. The molecule has 4 heteroatoms. The van der Waals surface area contributed by atoms with Crippen LogP contribution < -0.4 is 5.32 Å². The standard InChI is InChI=1S/C17H25NO3/c1-12-6-8-13(9-7-12)17(21-14(20)18-5)10-16(17,11-19)15(2,3)4/h6-9,19H,10-11H2,1-5H3,(H,18,20)/t16-,17-/m1/s1. The first-order chi connectivity index (χ1) is 9.72. The zero-order valence-electron chi connectivity index (χ0n) is 13.5. The van der Waals surface area contributed by atoms with Crippen molar-refractivity contribution in [2.75, 3.05) is 13.7 Å². The predicted molar refractivity (Wildman–Crippen MR) is 82.0 cm³/mol. The lowest BCUT2D eigenvalue weighted by Crippen LogP contribution is -2.38. The molecule has 2 N–H and O–H groups in total. The van der Waals surface area contributed by atoms with Gasteiger partial charge in [0, 0.05) is 18.9 Å². The lowest BCUT2D eigenvalue weighted by molar-refractivity contribution is -0.00987. The van der Waals surface area contributed by atoms with Gasteiger partial charge in [-0.3, -0.25) is 0 Å². The van der Waals surface area contributed by atoms with Crippen molar-refractivity contribution in [1.29, 1.82) is 0 Å². The molecule has 0 heterocycles. The zero-order chi connectivity index (χ0) is 15.9. The monoisotopic (exact) mass is 291 g/mol. The van der Waals surface area contributed by atoms with Crippen molar-refractivity contribution in [3.05, 3.63) is 35.4 Å². The number of aliphatic hydroxyl groups is 1. The number of carbonyl (C=O) groups excluding carboxylic acids is 1. The van der Waals surface area contributed by atoms with Crippen LogP contribution >= 0.6 is 0 Å². The van der Waals surface area contributed by atoms with Gasteiger partial charge in [0.05, 0.1) is 6.61 Å². The summed E-state index contributed by atoms with van der Waals surface area (Å²) in [5, 5.41) is 12.5. The van der Waals surface area contributed by atoms with Gasteiger partial charge < -0.3 is 15.2 Å². The molecule has 2 atom stereocenters. The molecule has 0 aliphatic heterocycles. The fourth-order valence-electron chi connectivity index (χ4n) is 3.28. The summed E-state index contributed by atoms with van der Waals surface area (Å²) in [7, 11) is 1.55. The minimum absolute atomic E-state index is 0.0125. The highest BCUT2D eigenvalue weighted by Gasteiger charge is 2.75. The number of nitrogens with one attached hydrogen (secondary N) is 1. The minimum atomic E-state index is -0.756. The summed E-state index contributed by atoms with van der Waals surface area (Å²) >= 11 is 0. The number of benzene rings is 1. The number of ether oxygens (including phenoxy) is 1.